The summed E-state index contributed by atoms with van der Waals surface area (Å²) in [5, 5.41) is 0. The van der Waals surface area contributed by atoms with Gasteiger partial charge in [-0.3, -0.25) is 9.52 Å². The Morgan fingerprint density at radius 3 is 2.61 bits per heavy atom. The molecule has 4 rings (SSSR count). The molecule has 1 fully saturated rings. The number of hydrogen-bond acceptors (Lipinski definition) is 4. The van der Waals surface area contributed by atoms with Crippen molar-refractivity contribution in [3.05, 3.63) is 47.5 Å². The van der Waals surface area contributed by atoms with Crippen LogP contribution in [0.4, 0.5) is 11.4 Å². The molecule has 1 aliphatic carbocycles. The molecule has 0 saturated heterocycles. The van der Waals surface area contributed by atoms with Crippen LogP contribution in [0.5, 0.6) is 5.75 Å². The van der Waals surface area contributed by atoms with Crippen LogP contribution in [-0.4, -0.2) is 27.5 Å². The first-order valence-corrected chi connectivity index (χ1v) is 10.9. The number of hydrogen-bond donors (Lipinski definition) is 1. The fraction of sp³-hybridized carbons (Fsp3) is 0.381. The number of carbonyl (C=O) groups excluding carboxylic acids is 1. The van der Waals surface area contributed by atoms with Crippen LogP contribution < -0.4 is 14.4 Å². The van der Waals surface area contributed by atoms with E-state index < -0.39 is 10.0 Å². The second-order valence-corrected chi connectivity index (χ2v) is 9.32. The van der Waals surface area contributed by atoms with Crippen LogP contribution in [0.2, 0.25) is 0 Å². The monoisotopic (exact) mass is 400 g/mol. The van der Waals surface area contributed by atoms with E-state index in [9.17, 15) is 13.2 Å². The Kier molecular flexibility index (Phi) is 4.57. The van der Waals surface area contributed by atoms with Crippen molar-refractivity contribution in [2.24, 2.45) is 5.92 Å². The fourth-order valence-corrected chi connectivity index (χ4v) is 4.85. The molecule has 0 radical (unpaired) electrons. The lowest BCUT2D eigenvalue weighted by Crippen LogP contribution is -2.36. The van der Waals surface area contributed by atoms with Crippen molar-refractivity contribution in [2.75, 3.05) is 16.7 Å². The number of nitrogens with zero attached hydrogens (tertiary/aromatic N) is 1. The summed E-state index contributed by atoms with van der Waals surface area (Å²) in [6.07, 6.45) is 2.56. The molecule has 28 heavy (non-hydrogen) atoms. The standard InChI is InChI=1S/C21H24N2O4S/c1-13-4-9-20(27-3)18(10-13)22-28(25,26)17-7-8-19-16(12-17)11-14(2)23(19)21(24)15-5-6-15/h4,7-10,12,14-15,22H,5-6,11H2,1-3H3/t14-/m1/s1. The van der Waals surface area contributed by atoms with E-state index in [1.54, 1.807) is 30.3 Å². The number of methoxy groups -OCH3 is 1. The smallest absolute Gasteiger partial charge is 0.262 e. The Labute approximate surface area is 165 Å². The summed E-state index contributed by atoms with van der Waals surface area (Å²) >= 11 is 0. The highest BCUT2D eigenvalue weighted by Crippen LogP contribution is 2.40. The van der Waals surface area contributed by atoms with Crippen LogP contribution in [0, 0.1) is 12.8 Å². The molecule has 6 nitrogen and oxygen atoms in total. The van der Waals surface area contributed by atoms with Crippen LogP contribution in [0.25, 0.3) is 0 Å². The summed E-state index contributed by atoms with van der Waals surface area (Å²) in [6, 6.07) is 10.4. The molecule has 1 aliphatic heterocycles. The summed E-state index contributed by atoms with van der Waals surface area (Å²) in [7, 11) is -2.27. The summed E-state index contributed by atoms with van der Waals surface area (Å²) in [6.45, 7) is 3.89. The molecule has 148 valence electrons. The van der Waals surface area contributed by atoms with Gasteiger partial charge in [0.2, 0.25) is 5.91 Å². The Morgan fingerprint density at radius 2 is 1.93 bits per heavy atom. The zero-order chi connectivity index (χ0) is 20.1. The highest BCUT2D eigenvalue weighted by atomic mass is 32.2. The van der Waals surface area contributed by atoms with E-state index in [2.05, 4.69) is 4.72 Å². The van der Waals surface area contributed by atoms with Gasteiger partial charge in [0.25, 0.3) is 10.0 Å². The SMILES string of the molecule is COc1ccc(C)cc1NS(=O)(=O)c1ccc2c(c1)C[C@@H](C)N2C(=O)C1CC1. The largest absolute Gasteiger partial charge is 0.495 e. The average Bonchev–Trinajstić information content (AvgIpc) is 3.43. The zero-order valence-electron chi connectivity index (χ0n) is 16.2. The van der Waals surface area contributed by atoms with Crippen LogP contribution in [0.1, 0.15) is 30.9 Å². The molecule has 1 N–H and O–H groups in total. The predicted molar refractivity (Wildman–Crippen MR) is 108 cm³/mol. The normalized spacial score (nSPS) is 18.7. The van der Waals surface area contributed by atoms with Gasteiger partial charge in [-0.2, -0.15) is 0 Å². The van der Waals surface area contributed by atoms with Gasteiger partial charge in [0.1, 0.15) is 5.75 Å². The van der Waals surface area contributed by atoms with Crippen LogP contribution in [-0.2, 0) is 21.2 Å². The number of nitrogens with one attached hydrogen (secondary N) is 1. The molecule has 1 amide bonds. The van der Waals surface area contributed by atoms with E-state index in [1.165, 1.54) is 7.11 Å². The molecule has 2 aliphatic rings. The minimum atomic E-state index is -3.78. The number of ether oxygens (including phenoxy) is 1. The van der Waals surface area contributed by atoms with Gasteiger partial charge in [-0.25, -0.2) is 8.42 Å². The van der Waals surface area contributed by atoms with Gasteiger partial charge in [-0.15, -0.1) is 0 Å². The molecule has 2 aromatic rings. The lowest BCUT2D eigenvalue weighted by Gasteiger charge is -2.22. The first-order chi connectivity index (χ1) is 13.3. The maximum Gasteiger partial charge on any atom is 0.262 e. The Hall–Kier alpha value is -2.54. The van der Waals surface area contributed by atoms with Crippen molar-refractivity contribution in [2.45, 2.75) is 44.0 Å². The van der Waals surface area contributed by atoms with Gasteiger partial charge in [0.15, 0.2) is 0 Å². The molecule has 7 heteroatoms. The van der Waals surface area contributed by atoms with E-state index in [1.807, 2.05) is 24.8 Å². The van der Waals surface area contributed by atoms with Crippen LogP contribution >= 0.6 is 0 Å². The number of amides is 1. The van der Waals surface area contributed by atoms with Crippen molar-refractivity contribution in [1.29, 1.82) is 0 Å². The average molecular weight is 401 g/mol. The van der Waals surface area contributed by atoms with Crippen molar-refractivity contribution in [3.8, 4) is 5.75 Å². The molecule has 0 bridgehead atoms. The molecule has 1 saturated carbocycles. The van der Waals surface area contributed by atoms with E-state index >= 15 is 0 Å². The van der Waals surface area contributed by atoms with E-state index in [0.717, 1.165) is 29.7 Å². The number of sulfonamides is 1. The third-order valence-corrected chi connectivity index (χ3v) is 6.70. The minimum absolute atomic E-state index is 0.0471. The molecular formula is C21H24N2O4S. The first-order valence-electron chi connectivity index (χ1n) is 9.43. The maximum atomic E-state index is 12.9. The van der Waals surface area contributed by atoms with Gasteiger partial charge < -0.3 is 9.64 Å². The molecule has 1 atom stereocenters. The number of benzene rings is 2. The zero-order valence-corrected chi connectivity index (χ0v) is 17.0. The molecule has 1 heterocycles. The van der Waals surface area contributed by atoms with Gasteiger partial charge in [-0.05, 0) is 74.6 Å². The fourth-order valence-electron chi connectivity index (χ4n) is 3.74. The number of fused-ring (bicyclic) bond motifs is 1. The summed E-state index contributed by atoms with van der Waals surface area (Å²) in [5.41, 5.74) is 3.05. The lowest BCUT2D eigenvalue weighted by atomic mass is 10.1. The second-order valence-electron chi connectivity index (χ2n) is 7.64. The Morgan fingerprint density at radius 1 is 1.18 bits per heavy atom. The number of carbonyl (C=O) groups is 1. The Bertz CT molecular complexity index is 1040. The van der Waals surface area contributed by atoms with Crippen molar-refractivity contribution >= 4 is 27.3 Å². The topological polar surface area (TPSA) is 75.7 Å². The first kappa shape index (κ1) is 18.8. The third-order valence-electron chi connectivity index (χ3n) is 5.34. The van der Waals surface area contributed by atoms with Crippen molar-refractivity contribution < 1.29 is 17.9 Å². The summed E-state index contributed by atoms with van der Waals surface area (Å²) in [5.74, 6) is 0.752. The minimum Gasteiger partial charge on any atom is -0.495 e. The van der Waals surface area contributed by atoms with Gasteiger partial charge >= 0.3 is 0 Å². The highest BCUT2D eigenvalue weighted by molar-refractivity contribution is 7.92. The quantitative estimate of drug-likeness (QED) is 0.834. The highest BCUT2D eigenvalue weighted by Gasteiger charge is 2.39. The molecule has 0 unspecified atom stereocenters. The second kappa shape index (κ2) is 6.81. The molecule has 0 aromatic heterocycles. The Balaban J connectivity index is 1.64. The molecule has 0 spiro atoms. The maximum absolute atomic E-state index is 12.9. The summed E-state index contributed by atoms with van der Waals surface area (Å²) in [4.78, 5) is 14.6. The van der Waals surface area contributed by atoms with Crippen LogP contribution in [0.15, 0.2) is 41.3 Å². The van der Waals surface area contributed by atoms with E-state index in [4.69, 9.17) is 4.74 Å². The van der Waals surface area contributed by atoms with Gasteiger partial charge in [0.05, 0.1) is 17.7 Å². The predicted octanol–water partition coefficient (Wildman–Crippen LogP) is 3.49. The third kappa shape index (κ3) is 3.35. The molecular weight excluding hydrogens is 376 g/mol. The van der Waals surface area contributed by atoms with Gasteiger partial charge in [-0.1, -0.05) is 6.07 Å². The van der Waals surface area contributed by atoms with Crippen molar-refractivity contribution in [1.82, 2.24) is 0 Å². The summed E-state index contributed by atoms with van der Waals surface area (Å²) < 4.78 is 33.8. The lowest BCUT2D eigenvalue weighted by molar-refractivity contribution is -0.120. The number of rotatable bonds is 5. The molecule has 2 aromatic carbocycles. The van der Waals surface area contributed by atoms with Crippen molar-refractivity contribution in [3.63, 3.8) is 0 Å². The van der Waals surface area contributed by atoms with Crippen LogP contribution in [0.3, 0.4) is 0 Å². The number of anilines is 2. The van der Waals surface area contributed by atoms with E-state index in [-0.39, 0.29) is 22.8 Å². The van der Waals surface area contributed by atoms with E-state index in [0.29, 0.717) is 17.9 Å². The van der Waals surface area contributed by atoms with Gasteiger partial charge in [0, 0.05) is 17.6 Å². The number of aryl methyl sites for hydroxylation is 1.